The van der Waals surface area contributed by atoms with Gasteiger partial charge in [-0.3, -0.25) is 14.4 Å². The van der Waals surface area contributed by atoms with Crippen LogP contribution in [0.2, 0.25) is 0 Å². The molecule has 35 nitrogen and oxygen atoms in total. The van der Waals surface area contributed by atoms with E-state index in [1.165, 1.54) is 0 Å². The third-order valence-corrected chi connectivity index (χ3v) is 12.6. The van der Waals surface area contributed by atoms with Crippen molar-refractivity contribution in [3.63, 3.8) is 0 Å². The molecular formula is C40H68O35. The number of Topliss-reactive ketones (excluding diaryl/α,β-unsaturated/α-hetero) is 2. The number of hydrogen-bond donors (Lipinski definition) is 23. The van der Waals surface area contributed by atoms with E-state index in [2.05, 4.69) is 4.74 Å². The van der Waals surface area contributed by atoms with Gasteiger partial charge in [0.15, 0.2) is 30.9 Å². The largest absolute Gasteiger partial charge is 0.425 e. The maximum atomic E-state index is 12.9. The molecule has 4 heterocycles. The van der Waals surface area contributed by atoms with Crippen molar-refractivity contribution in [2.45, 2.75) is 191 Å². The van der Waals surface area contributed by atoms with Gasteiger partial charge in [0.25, 0.3) is 5.79 Å². The number of carbonyl (C=O) groups is 3. The Morgan fingerprint density at radius 3 is 1.09 bits per heavy atom. The summed E-state index contributed by atoms with van der Waals surface area (Å²) in [6, 6.07) is 0. The molecule has 4 aliphatic heterocycles. The van der Waals surface area contributed by atoms with Crippen LogP contribution in [0.15, 0.2) is 0 Å². The Labute approximate surface area is 422 Å². The Bertz CT molecular complexity index is 1780. The van der Waals surface area contributed by atoms with Gasteiger partial charge in [0.2, 0.25) is 5.78 Å². The summed E-state index contributed by atoms with van der Waals surface area (Å²) in [5, 5.41) is 235. The lowest BCUT2D eigenvalue weighted by Crippen LogP contribution is -2.62. The molecule has 0 aromatic rings. The Balaban J connectivity index is 1.23. The SMILES string of the molecule is CC(O)(OC(=O)CC(=O)[C@H](O)[C@@H](O)[C@H](O)[C@H](O)CO[C@H]1O[C@H](CO[C@H]2O[C@H](CO)[C@@H](O)[C@H](O)[C@H]2O)[C@@H](O)[C@H](O)[C@H]1O)C(=O)[C@H](O)[C@@H](O)[C@H](O)[C@H](O)CO[C@H]1O[C@H](CO[C@H]2O[C@H](CO)[C@@H](O)[C@H](O)[C@H]2O)[C@@H](O)[C@H](O)[C@H]1O. The summed E-state index contributed by atoms with van der Waals surface area (Å²) < 4.78 is 46.3. The number of esters is 1. The van der Waals surface area contributed by atoms with Crippen LogP contribution >= 0.6 is 0 Å². The van der Waals surface area contributed by atoms with Gasteiger partial charge in [-0.15, -0.1) is 0 Å². The molecule has 4 fully saturated rings. The number of aliphatic hydroxyl groups excluding tert-OH is 22. The standard InChI is InChI=1S/C40H68O35/c1-40(66,35(65)30(60)25(55)19(49)11(45)6-68-37-34(64)29(59)23(53)15(74-37)8-70-39-32(62)27(57)21(51)13(4-42)72-39)75-16(46)2-9(43)17(47)24(54)18(48)10(44)5-67-36-33(63)28(58)22(52)14(73-36)7-69-38-31(61)26(56)20(50)12(3-41)71-38/h10-15,17-34,36-39,41-42,44-45,47-64,66H,2-8H2,1H3/t10-,11-,12-,13-,14-,15-,17+,18-,19-,20-,21-,22-,23-,24-,25+,26+,27+,28+,29+,30-,31-,32-,33-,34-,36+,37+,38+,39+,40?/m1/s1. The first-order valence-corrected chi connectivity index (χ1v) is 22.8. The maximum absolute atomic E-state index is 12.9. The first-order chi connectivity index (χ1) is 34.9. The minimum absolute atomic E-state index is 0.395. The molecule has 0 amide bonds. The fraction of sp³-hybridized carbons (Fsp3) is 0.925. The molecule has 0 radical (unpaired) electrons. The average molecular weight is 1110 g/mol. The summed E-state index contributed by atoms with van der Waals surface area (Å²) in [5.74, 6) is -9.05. The van der Waals surface area contributed by atoms with E-state index in [4.69, 9.17) is 37.9 Å². The third-order valence-electron chi connectivity index (χ3n) is 12.6. The Morgan fingerprint density at radius 2 is 0.747 bits per heavy atom. The summed E-state index contributed by atoms with van der Waals surface area (Å²) in [6.07, 6.45) is -59.0. The zero-order valence-corrected chi connectivity index (χ0v) is 39.3. The Kier molecular flexibility index (Phi) is 24.4. The van der Waals surface area contributed by atoms with Crippen LogP contribution in [-0.2, 0) is 57.0 Å². The van der Waals surface area contributed by atoms with Crippen molar-refractivity contribution in [3.05, 3.63) is 0 Å². The van der Waals surface area contributed by atoms with E-state index < -0.39 is 241 Å². The topological polar surface area (TPSA) is 600 Å². The van der Waals surface area contributed by atoms with E-state index in [0.717, 1.165) is 0 Å². The van der Waals surface area contributed by atoms with E-state index in [9.17, 15) is 132 Å². The lowest BCUT2D eigenvalue weighted by Gasteiger charge is -2.42. The third kappa shape index (κ3) is 15.7. The lowest BCUT2D eigenvalue weighted by molar-refractivity contribution is -0.333. The highest BCUT2D eigenvalue weighted by atomic mass is 16.7. The minimum Gasteiger partial charge on any atom is -0.425 e. The van der Waals surface area contributed by atoms with Gasteiger partial charge in [-0.2, -0.15) is 0 Å². The van der Waals surface area contributed by atoms with Crippen LogP contribution in [0.5, 0.6) is 0 Å². The van der Waals surface area contributed by atoms with Crippen molar-refractivity contribution in [2.24, 2.45) is 0 Å². The zero-order valence-electron chi connectivity index (χ0n) is 39.3. The zero-order chi connectivity index (χ0) is 56.7. The molecule has 0 bridgehead atoms. The van der Waals surface area contributed by atoms with Gasteiger partial charge in [-0.25, -0.2) is 0 Å². The number of rotatable bonds is 26. The predicted octanol–water partition coefficient (Wildman–Crippen LogP) is -16.1. The summed E-state index contributed by atoms with van der Waals surface area (Å²) >= 11 is 0. The smallest absolute Gasteiger partial charge is 0.316 e. The number of ether oxygens (including phenoxy) is 9. The van der Waals surface area contributed by atoms with Crippen LogP contribution in [-0.4, -0.2) is 352 Å². The molecule has 0 aromatic heterocycles. The summed E-state index contributed by atoms with van der Waals surface area (Å²) in [4.78, 5) is 38.1. The van der Waals surface area contributed by atoms with E-state index in [-0.39, 0.29) is 0 Å². The molecule has 4 saturated heterocycles. The normalized spacial score (nSPS) is 40.7. The fourth-order valence-electron chi connectivity index (χ4n) is 7.76. The summed E-state index contributed by atoms with van der Waals surface area (Å²) in [6.45, 7) is -5.09. The molecule has 75 heavy (non-hydrogen) atoms. The van der Waals surface area contributed by atoms with E-state index in [1.54, 1.807) is 0 Å². The fourth-order valence-corrected chi connectivity index (χ4v) is 7.76. The first-order valence-electron chi connectivity index (χ1n) is 22.8. The number of ketones is 2. The molecule has 4 aliphatic rings. The molecule has 0 aliphatic carbocycles. The maximum Gasteiger partial charge on any atom is 0.316 e. The van der Waals surface area contributed by atoms with Gasteiger partial charge in [0.05, 0.1) is 39.6 Å². The van der Waals surface area contributed by atoms with Crippen molar-refractivity contribution < 1.29 is 174 Å². The monoisotopic (exact) mass is 1110 g/mol. The van der Waals surface area contributed by atoms with Gasteiger partial charge in [-0.05, 0) is 0 Å². The molecule has 0 saturated carbocycles. The van der Waals surface area contributed by atoms with Crippen molar-refractivity contribution in [2.75, 3.05) is 39.6 Å². The second kappa shape index (κ2) is 28.1. The van der Waals surface area contributed by atoms with Gasteiger partial charge in [-0.1, -0.05) is 0 Å². The van der Waals surface area contributed by atoms with Crippen molar-refractivity contribution in [1.29, 1.82) is 0 Å². The van der Waals surface area contributed by atoms with E-state index >= 15 is 0 Å². The van der Waals surface area contributed by atoms with Crippen molar-refractivity contribution in [3.8, 4) is 0 Å². The van der Waals surface area contributed by atoms with Crippen LogP contribution < -0.4 is 0 Å². The highest BCUT2D eigenvalue weighted by Gasteiger charge is 2.51. The van der Waals surface area contributed by atoms with Crippen molar-refractivity contribution >= 4 is 17.5 Å². The van der Waals surface area contributed by atoms with Crippen LogP contribution in [0.1, 0.15) is 13.3 Å². The molecule has 4 rings (SSSR count). The quantitative estimate of drug-likeness (QED) is 0.0217. The lowest BCUT2D eigenvalue weighted by atomic mass is 9.96. The molecular weight excluding hydrogens is 1040 g/mol. The molecule has 438 valence electrons. The van der Waals surface area contributed by atoms with Crippen LogP contribution in [0.4, 0.5) is 0 Å². The van der Waals surface area contributed by atoms with E-state index in [1.807, 2.05) is 0 Å². The van der Waals surface area contributed by atoms with Crippen molar-refractivity contribution in [1.82, 2.24) is 0 Å². The van der Waals surface area contributed by atoms with Gasteiger partial charge < -0.3 is 160 Å². The van der Waals surface area contributed by atoms with Crippen LogP contribution in [0.3, 0.4) is 0 Å². The van der Waals surface area contributed by atoms with Crippen LogP contribution in [0, 0.1) is 0 Å². The minimum atomic E-state index is -3.47. The highest BCUT2D eigenvalue weighted by molar-refractivity contribution is 5.99. The summed E-state index contributed by atoms with van der Waals surface area (Å²) in [5.41, 5.74) is 0. The average Bonchev–Trinajstić information content (AvgIpc) is 3.38. The number of hydrogen-bond acceptors (Lipinski definition) is 35. The molecule has 1 unspecified atom stereocenters. The molecule has 0 spiro atoms. The highest BCUT2D eigenvalue weighted by Crippen LogP contribution is 2.29. The Morgan fingerprint density at radius 1 is 0.440 bits per heavy atom. The van der Waals surface area contributed by atoms with E-state index in [0.29, 0.717) is 6.92 Å². The van der Waals surface area contributed by atoms with Gasteiger partial charge in [0, 0.05) is 6.92 Å². The first kappa shape index (κ1) is 65.1. The van der Waals surface area contributed by atoms with Crippen LogP contribution in [0.25, 0.3) is 0 Å². The van der Waals surface area contributed by atoms with Gasteiger partial charge >= 0.3 is 5.97 Å². The Hall–Kier alpha value is -2.43. The molecule has 35 heteroatoms. The second-order valence-electron chi connectivity index (χ2n) is 18.2. The molecule has 23 N–H and O–H groups in total. The summed E-state index contributed by atoms with van der Waals surface area (Å²) in [7, 11) is 0. The number of aliphatic hydroxyl groups is 23. The molecule has 29 atom stereocenters. The van der Waals surface area contributed by atoms with Gasteiger partial charge in [0.1, 0.15) is 153 Å². The molecule has 0 aromatic carbocycles. The second-order valence-corrected chi connectivity index (χ2v) is 18.2. The number of carbonyl (C=O) groups excluding carboxylic acids is 3. The predicted molar refractivity (Wildman–Crippen MR) is 224 cm³/mol.